The first kappa shape index (κ1) is 14.9. The molecule has 2 nitrogen and oxygen atoms in total. The summed E-state index contributed by atoms with van der Waals surface area (Å²) in [5.74, 6) is -0.0529. The second-order valence-corrected chi connectivity index (χ2v) is 5.73. The summed E-state index contributed by atoms with van der Waals surface area (Å²) in [6.45, 7) is 2.04. The molecule has 2 aromatic carbocycles. The Balaban J connectivity index is 2.21. The van der Waals surface area contributed by atoms with Crippen molar-refractivity contribution in [3.8, 4) is 0 Å². The fourth-order valence-electron chi connectivity index (χ4n) is 1.68. The van der Waals surface area contributed by atoms with Gasteiger partial charge in [0.25, 0.3) is 5.91 Å². The molecule has 0 atom stereocenters. The van der Waals surface area contributed by atoms with Gasteiger partial charge in [0.2, 0.25) is 0 Å². The van der Waals surface area contributed by atoms with Crippen molar-refractivity contribution in [1.29, 1.82) is 0 Å². The minimum Gasteiger partial charge on any atom is -0.321 e. The first-order valence-electron chi connectivity index (χ1n) is 6.10. The number of benzene rings is 2. The molecule has 0 aliphatic heterocycles. The van der Waals surface area contributed by atoms with Crippen molar-refractivity contribution in [3.63, 3.8) is 0 Å². The molecule has 0 saturated carbocycles. The molecule has 0 aromatic heterocycles. The van der Waals surface area contributed by atoms with Crippen LogP contribution >= 0.6 is 23.4 Å². The summed E-state index contributed by atoms with van der Waals surface area (Å²) in [5.41, 5.74) is 0.961. The summed E-state index contributed by atoms with van der Waals surface area (Å²) in [7, 11) is 0. The van der Waals surface area contributed by atoms with Gasteiger partial charge in [0.1, 0.15) is 5.82 Å². The van der Waals surface area contributed by atoms with Crippen molar-refractivity contribution in [2.75, 3.05) is 11.1 Å². The van der Waals surface area contributed by atoms with Crippen LogP contribution < -0.4 is 5.32 Å². The number of thioether (sulfide) groups is 1. The van der Waals surface area contributed by atoms with Crippen LogP contribution in [0.5, 0.6) is 0 Å². The van der Waals surface area contributed by atoms with E-state index in [1.54, 1.807) is 11.8 Å². The van der Waals surface area contributed by atoms with Crippen LogP contribution in [-0.4, -0.2) is 11.7 Å². The quantitative estimate of drug-likeness (QED) is 0.818. The Bertz CT molecular complexity index is 633. The van der Waals surface area contributed by atoms with Crippen LogP contribution in [0, 0.1) is 5.82 Å². The van der Waals surface area contributed by atoms with E-state index in [0.717, 1.165) is 22.4 Å². The largest absolute Gasteiger partial charge is 0.321 e. The monoisotopic (exact) mass is 309 g/mol. The van der Waals surface area contributed by atoms with Gasteiger partial charge in [-0.1, -0.05) is 30.7 Å². The average Bonchev–Trinajstić information content (AvgIpc) is 2.44. The molecule has 2 aromatic rings. The SMILES string of the molecule is CCSc1ccccc1NC(=O)c1ccc(Cl)c(F)c1. The highest BCUT2D eigenvalue weighted by Gasteiger charge is 2.11. The lowest BCUT2D eigenvalue weighted by molar-refractivity contribution is 0.102. The number of para-hydroxylation sites is 1. The van der Waals surface area contributed by atoms with Gasteiger partial charge in [-0.3, -0.25) is 4.79 Å². The first-order chi connectivity index (χ1) is 9.61. The molecule has 1 N–H and O–H groups in total. The van der Waals surface area contributed by atoms with Crippen molar-refractivity contribution >= 4 is 35.0 Å². The second kappa shape index (κ2) is 6.77. The van der Waals surface area contributed by atoms with Crippen molar-refractivity contribution in [2.24, 2.45) is 0 Å². The van der Waals surface area contributed by atoms with Gasteiger partial charge in [-0.2, -0.15) is 0 Å². The van der Waals surface area contributed by atoms with Crippen LogP contribution in [0.2, 0.25) is 5.02 Å². The van der Waals surface area contributed by atoms with Gasteiger partial charge in [0, 0.05) is 10.5 Å². The summed E-state index contributed by atoms with van der Waals surface area (Å²) in [4.78, 5) is 13.1. The van der Waals surface area contributed by atoms with Crippen LogP contribution in [0.4, 0.5) is 10.1 Å². The lowest BCUT2D eigenvalue weighted by atomic mass is 10.2. The molecule has 0 spiro atoms. The average molecular weight is 310 g/mol. The van der Waals surface area contributed by atoms with E-state index < -0.39 is 5.82 Å². The van der Waals surface area contributed by atoms with Crippen molar-refractivity contribution < 1.29 is 9.18 Å². The molecule has 20 heavy (non-hydrogen) atoms. The molecule has 1 amide bonds. The fourth-order valence-corrected chi connectivity index (χ4v) is 2.56. The fraction of sp³-hybridized carbons (Fsp3) is 0.133. The third-order valence-corrected chi connectivity index (χ3v) is 3.88. The maximum Gasteiger partial charge on any atom is 0.255 e. The Morgan fingerprint density at radius 2 is 2.05 bits per heavy atom. The Morgan fingerprint density at radius 3 is 2.75 bits per heavy atom. The van der Waals surface area contributed by atoms with Crippen molar-refractivity contribution in [1.82, 2.24) is 0 Å². The van der Waals surface area contributed by atoms with Gasteiger partial charge < -0.3 is 5.32 Å². The van der Waals surface area contributed by atoms with Crippen molar-refractivity contribution in [2.45, 2.75) is 11.8 Å². The number of carbonyl (C=O) groups is 1. The van der Waals surface area contributed by atoms with E-state index >= 15 is 0 Å². The first-order valence-corrected chi connectivity index (χ1v) is 7.46. The highest BCUT2D eigenvalue weighted by molar-refractivity contribution is 7.99. The summed E-state index contributed by atoms with van der Waals surface area (Å²) in [6, 6.07) is 11.5. The Hall–Kier alpha value is -1.52. The van der Waals surface area contributed by atoms with E-state index in [-0.39, 0.29) is 16.5 Å². The number of rotatable bonds is 4. The molecule has 0 fully saturated rings. The standard InChI is InChI=1S/C15H13ClFNOS/c1-2-20-14-6-4-3-5-13(14)18-15(19)10-7-8-11(16)12(17)9-10/h3-9H,2H2,1H3,(H,18,19). The number of anilines is 1. The summed E-state index contributed by atoms with van der Waals surface area (Å²) < 4.78 is 13.4. The maximum atomic E-state index is 13.4. The zero-order chi connectivity index (χ0) is 14.5. The van der Waals surface area contributed by atoms with E-state index in [1.807, 2.05) is 31.2 Å². The minimum atomic E-state index is -0.601. The highest BCUT2D eigenvalue weighted by Crippen LogP contribution is 2.27. The van der Waals surface area contributed by atoms with Crippen LogP contribution in [-0.2, 0) is 0 Å². The smallest absolute Gasteiger partial charge is 0.255 e. The van der Waals surface area contributed by atoms with E-state index in [4.69, 9.17) is 11.6 Å². The number of halogens is 2. The molecule has 2 rings (SSSR count). The molecular weight excluding hydrogens is 297 g/mol. The van der Waals surface area contributed by atoms with E-state index in [0.29, 0.717) is 0 Å². The lowest BCUT2D eigenvalue weighted by Crippen LogP contribution is -2.12. The molecule has 0 aliphatic carbocycles. The topological polar surface area (TPSA) is 29.1 Å². The highest BCUT2D eigenvalue weighted by atomic mass is 35.5. The second-order valence-electron chi connectivity index (χ2n) is 4.01. The Kier molecular flexibility index (Phi) is 5.04. The zero-order valence-electron chi connectivity index (χ0n) is 10.8. The van der Waals surface area contributed by atoms with E-state index in [2.05, 4.69) is 5.32 Å². The molecule has 0 radical (unpaired) electrons. The number of carbonyl (C=O) groups excluding carboxylic acids is 1. The molecule has 104 valence electrons. The zero-order valence-corrected chi connectivity index (χ0v) is 12.4. The van der Waals surface area contributed by atoms with Gasteiger partial charge in [0.05, 0.1) is 10.7 Å². The molecule has 0 bridgehead atoms. The summed E-state index contributed by atoms with van der Waals surface area (Å²) >= 11 is 7.24. The Labute approximate surface area is 126 Å². The van der Waals surface area contributed by atoms with Gasteiger partial charge >= 0.3 is 0 Å². The van der Waals surface area contributed by atoms with Crippen LogP contribution in [0.25, 0.3) is 0 Å². The van der Waals surface area contributed by atoms with E-state index in [1.165, 1.54) is 12.1 Å². The van der Waals surface area contributed by atoms with Crippen LogP contribution in [0.1, 0.15) is 17.3 Å². The predicted molar refractivity (Wildman–Crippen MR) is 82.2 cm³/mol. The molecule has 0 unspecified atom stereocenters. The van der Waals surface area contributed by atoms with Crippen molar-refractivity contribution in [3.05, 3.63) is 58.9 Å². The lowest BCUT2D eigenvalue weighted by Gasteiger charge is -2.10. The molecular formula is C15H13ClFNOS. The molecule has 5 heteroatoms. The number of nitrogens with one attached hydrogen (secondary N) is 1. The summed E-state index contributed by atoms with van der Waals surface area (Å²) in [6.07, 6.45) is 0. The Morgan fingerprint density at radius 1 is 1.30 bits per heavy atom. The normalized spacial score (nSPS) is 10.3. The van der Waals surface area contributed by atoms with E-state index in [9.17, 15) is 9.18 Å². The van der Waals surface area contributed by atoms with Gasteiger partial charge in [-0.05, 0) is 36.1 Å². The third-order valence-electron chi connectivity index (χ3n) is 2.62. The molecule has 0 heterocycles. The number of hydrogen-bond donors (Lipinski definition) is 1. The van der Waals surface area contributed by atoms with Gasteiger partial charge in [0.15, 0.2) is 0 Å². The summed E-state index contributed by atoms with van der Waals surface area (Å²) in [5, 5.41) is 2.79. The maximum absolute atomic E-state index is 13.4. The molecule has 0 aliphatic rings. The van der Waals surface area contributed by atoms with Gasteiger partial charge in [-0.25, -0.2) is 4.39 Å². The predicted octanol–water partition coefficient (Wildman–Crippen LogP) is 4.84. The van der Waals surface area contributed by atoms with Crippen LogP contribution in [0.15, 0.2) is 47.4 Å². The third kappa shape index (κ3) is 3.52. The number of amides is 1. The number of hydrogen-bond acceptors (Lipinski definition) is 2. The minimum absolute atomic E-state index is 0.00323. The van der Waals surface area contributed by atoms with Crippen LogP contribution in [0.3, 0.4) is 0 Å². The van der Waals surface area contributed by atoms with Gasteiger partial charge in [-0.15, -0.1) is 11.8 Å². The molecule has 0 saturated heterocycles.